The second-order valence-corrected chi connectivity index (χ2v) is 2.89. The van der Waals surface area contributed by atoms with Crippen LogP contribution < -0.4 is 0 Å². The highest BCUT2D eigenvalue weighted by atomic mass is 31.0. The van der Waals surface area contributed by atoms with Crippen LogP contribution in [0.3, 0.4) is 0 Å². The van der Waals surface area contributed by atoms with Crippen LogP contribution in [-0.4, -0.2) is 19.4 Å². The van der Waals surface area contributed by atoms with E-state index < -0.39 is 0 Å². The number of methoxy groups -OCH3 is 1. The van der Waals surface area contributed by atoms with Crippen LogP contribution in [0.15, 0.2) is 0 Å². The Labute approximate surface area is 54.0 Å². The molecule has 0 N–H and O–H groups in total. The van der Waals surface area contributed by atoms with Gasteiger partial charge in [-0.05, 0) is 18.5 Å². The van der Waals surface area contributed by atoms with E-state index in [1.807, 2.05) is 0 Å². The summed E-state index contributed by atoms with van der Waals surface area (Å²) in [7, 11) is 4.55. The summed E-state index contributed by atoms with van der Waals surface area (Å²) in [4.78, 5) is 0. The van der Waals surface area contributed by atoms with Crippen molar-refractivity contribution in [3.8, 4) is 0 Å². The normalized spacial score (nSPS) is 13.9. The average molecular weight is 134 g/mol. The Balaban J connectivity index is 2.86. The molecule has 0 spiro atoms. The van der Waals surface area contributed by atoms with Crippen molar-refractivity contribution in [1.82, 2.24) is 0 Å². The summed E-state index contributed by atoms with van der Waals surface area (Å²) in [5, 5.41) is 0. The van der Waals surface area contributed by atoms with Crippen LogP contribution >= 0.6 is 9.24 Å². The lowest BCUT2D eigenvalue weighted by molar-refractivity contribution is 0.194. The topological polar surface area (TPSA) is 9.23 Å². The van der Waals surface area contributed by atoms with E-state index in [1.165, 1.54) is 6.42 Å². The highest BCUT2D eigenvalue weighted by Crippen LogP contribution is 2.08. The molecule has 0 bridgehead atoms. The fourth-order valence-electron chi connectivity index (χ4n) is 0.473. The molecule has 0 radical (unpaired) electrons. The molecule has 0 aliphatic rings. The molecule has 0 aliphatic carbocycles. The lowest BCUT2D eigenvalue weighted by atomic mass is 10.2. The molecule has 2 unspecified atom stereocenters. The van der Waals surface area contributed by atoms with Gasteiger partial charge in [0.1, 0.15) is 0 Å². The Morgan fingerprint density at radius 2 is 2.25 bits per heavy atom. The zero-order chi connectivity index (χ0) is 6.41. The molecule has 0 heterocycles. The average Bonchev–Trinajstić information content (AvgIpc) is 1.83. The molecule has 2 heteroatoms. The maximum atomic E-state index is 4.90. The predicted molar refractivity (Wildman–Crippen MR) is 40.3 cm³/mol. The standard InChI is InChI=1S/C6H15OP/c1-3-6(8)4-5-7-2/h6H,3-5,8H2,1-2H3. The second-order valence-electron chi connectivity index (χ2n) is 1.95. The first-order chi connectivity index (χ1) is 3.81. The molecule has 0 rings (SSSR count). The minimum Gasteiger partial charge on any atom is -0.385 e. The molecule has 0 aromatic heterocycles. The van der Waals surface area contributed by atoms with Crippen molar-refractivity contribution in [3.63, 3.8) is 0 Å². The summed E-state index contributed by atoms with van der Waals surface area (Å²) >= 11 is 0. The van der Waals surface area contributed by atoms with E-state index in [9.17, 15) is 0 Å². The Kier molecular flexibility index (Phi) is 5.79. The lowest BCUT2D eigenvalue weighted by Gasteiger charge is -2.04. The van der Waals surface area contributed by atoms with Crippen molar-refractivity contribution in [2.75, 3.05) is 13.7 Å². The molecule has 0 aromatic rings. The number of ether oxygens (including phenoxy) is 1. The van der Waals surface area contributed by atoms with Crippen LogP contribution in [0.25, 0.3) is 0 Å². The van der Waals surface area contributed by atoms with Crippen molar-refractivity contribution in [2.45, 2.75) is 25.4 Å². The van der Waals surface area contributed by atoms with Gasteiger partial charge in [-0.2, -0.15) is 0 Å². The molecule has 1 nitrogen and oxygen atoms in total. The van der Waals surface area contributed by atoms with E-state index >= 15 is 0 Å². The van der Waals surface area contributed by atoms with Gasteiger partial charge in [-0.15, -0.1) is 9.24 Å². The SMILES string of the molecule is CCC(P)CCOC. The third-order valence-electron chi connectivity index (χ3n) is 1.22. The van der Waals surface area contributed by atoms with Gasteiger partial charge in [0.2, 0.25) is 0 Å². The monoisotopic (exact) mass is 134 g/mol. The molecule has 0 aromatic carbocycles. The van der Waals surface area contributed by atoms with E-state index in [4.69, 9.17) is 4.74 Å². The number of hydrogen-bond donors (Lipinski definition) is 0. The van der Waals surface area contributed by atoms with E-state index in [1.54, 1.807) is 7.11 Å². The fourth-order valence-corrected chi connectivity index (χ4v) is 0.609. The third kappa shape index (κ3) is 4.55. The largest absolute Gasteiger partial charge is 0.385 e. The van der Waals surface area contributed by atoms with Gasteiger partial charge in [-0.3, -0.25) is 0 Å². The maximum Gasteiger partial charge on any atom is 0.0468 e. The predicted octanol–water partition coefficient (Wildman–Crippen LogP) is 1.68. The van der Waals surface area contributed by atoms with E-state index in [-0.39, 0.29) is 0 Å². The summed E-state index contributed by atoms with van der Waals surface area (Å²) in [6.45, 7) is 3.08. The van der Waals surface area contributed by atoms with Crippen molar-refractivity contribution in [1.29, 1.82) is 0 Å². The zero-order valence-electron chi connectivity index (χ0n) is 5.68. The summed E-state index contributed by atoms with van der Waals surface area (Å²) in [5.74, 6) is 0. The van der Waals surface area contributed by atoms with Crippen LogP contribution in [0, 0.1) is 0 Å². The summed E-state index contributed by atoms with van der Waals surface area (Å²) < 4.78 is 4.90. The van der Waals surface area contributed by atoms with Gasteiger partial charge in [0.15, 0.2) is 0 Å². The Morgan fingerprint density at radius 1 is 1.62 bits per heavy atom. The maximum absolute atomic E-state index is 4.90. The van der Waals surface area contributed by atoms with Crippen LogP contribution in [0.4, 0.5) is 0 Å². The first-order valence-electron chi connectivity index (χ1n) is 3.05. The highest BCUT2D eigenvalue weighted by molar-refractivity contribution is 7.17. The quantitative estimate of drug-likeness (QED) is 0.531. The molecule has 50 valence electrons. The van der Waals surface area contributed by atoms with Gasteiger partial charge in [0.05, 0.1) is 0 Å². The molecule has 8 heavy (non-hydrogen) atoms. The minimum atomic E-state index is 0.745. The van der Waals surface area contributed by atoms with E-state index in [0.717, 1.165) is 18.7 Å². The minimum absolute atomic E-state index is 0.745. The smallest absolute Gasteiger partial charge is 0.0468 e. The summed E-state index contributed by atoms with van der Waals surface area (Å²) in [6.07, 6.45) is 2.39. The van der Waals surface area contributed by atoms with Crippen LogP contribution in [0.2, 0.25) is 0 Å². The number of hydrogen-bond acceptors (Lipinski definition) is 1. The second kappa shape index (κ2) is 5.53. The molecular formula is C6H15OP. The van der Waals surface area contributed by atoms with Crippen molar-refractivity contribution in [2.24, 2.45) is 0 Å². The van der Waals surface area contributed by atoms with Gasteiger partial charge in [0, 0.05) is 13.7 Å². The van der Waals surface area contributed by atoms with Crippen LogP contribution in [-0.2, 0) is 4.74 Å². The third-order valence-corrected chi connectivity index (χ3v) is 2.02. The Bertz CT molecular complexity index is 47.8. The molecule has 0 saturated carbocycles. The van der Waals surface area contributed by atoms with E-state index in [0.29, 0.717) is 0 Å². The van der Waals surface area contributed by atoms with Gasteiger partial charge in [-0.25, -0.2) is 0 Å². The molecule has 2 atom stereocenters. The highest BCUT2D eigenvalue weighted by Gasteiger charge is 1.95. The van der Waals surface area contributed by atoms with Crippen molar-refractivity contribution in [3.05, 3.63) is 0 Å². The molecule has 0 aliphatic heterocycles. The summed E-state index contributed by atoms with van der Waals surface area (Å²) in [6, 6.07) is 0. The Hall–Kier alpha value is 0.390. The van der Waals surface area contributed by atoms with Crippen LogP contribution in [0.1, 0.15) is 19.8 Å². The zero-order valence-corrected chi connectivity index (χ0v) is 6.84. The molecule has 0 saturated heterocycles. The van der Waals surface area contributed by atoms with E-state index in [2.05, 4.69) is 16.2 Å². The first-order valence-corrected chi connectivity index (χ1v) is 3.72. The van der Waals surface area contributed by atoms with Gasteiger partial charge in [0.25, 0.3) is 0 Å². The van der Waals surface area contributed by atoms with Crippen LogP contribution in [0.5, 0.6) is 0 Å². The molecular weight excluding hydrogens is 119 g/mol. The van der Waals surface area contributed by atoms with Gasteiger partial charge < -0.3 is 4.74 Å². The van der Waals surface area contributed by atoms with Crippen molar-refractivity contribution >= 4 is 9.24 Å². The molecule has 0 fully saturated rings. The van der Waals surface area contributed by atoms with Gasteiger partial charge >= 0.3 is 0 Å². The fraction of sp³-hybridized carbons (Fsp3) is 1.00. The first kappa shape index (κ1) is 8.39. The van der Waals surface area contributed by atoms with Crippen molar-refractivity contribution < 1.29 is 4.74 Å². The molecule has 0 amide bonds. The van der Waals surface area contributed by atoms with Gasteiger partial charge in [-0.1, -0.05) is 6.92 Å². The summed E-state index contributed by atoms with van der Waals surface area (Å²) in [5.41, 5.74) is 0.745. The lowest BCUT2D eigenvalue weighted by Crippen LogP contribution is -1.99. The Morgan fingerprint density at radius 3 is 2.62 bits per heavy atom. The number of rotatable bonds is 4.